The van der Waals surface area contributed by atoms with E-state index in [1.807, 2.05) is 19.1 Å². The molecule has 3 N–H and O–H groups in total. The molecule has 2 rings (SSSR count). The molecule has 1 heterocycles. The molecular formula is C15H20N4O. The summed E-state index contributed by atoms with van der Waals surface area (Å²) >= 11 is 0. The van der Waals surface area contributed by atoms with Crippen molar-refractivity contribution < 1.29 is 4.74 Å². The third kappa shape index (κ3) is 3.05. The molecule has 0 atom stereocenters. The Morgan fingerprint density at radius 1 is 1.10 bits per heavy atom. The quantitative estimate of drug-likeness (QED) is 0.663. The minimum Gasteiger partial charge on any atom is -0.439 e. The number of anilines is 1. The van der Waals surface area contributed by atoms with Crippen LogP contribution >= 0.6 is 0 Å². The molecule has 0 aliphatic rings. The van der Waals surface area contributed by atoms with E-state index in [1.54, 1.807) is 0 Å². The summed E-state index contributed by atoms with van der Waals surface area (Å²) < 4.78 is 5.77. The highest BCUT2D eigenvalue weighted by Crippen LogP contribution is 2.28. The van der Waals surface area contributed by atoms with Crippen LogP contribution in [0.2, 0.25) is 0 Å². The number of hydrogen-bond donors (Lipinski definition) is 2. The lowest BCUT2D eigenvalue weighted by Crippen LogP contribution is -2.11. The van der Waals surface area contributed by atoms with E-state index in [-0.39, 0.29) is 5.41 Å². The molecule has 20 heavy (non-hydrogen) atoms. The van der Waals surface area contributed by atoms with Gasteiger partial charge in [-0.15, -0.1) is 0 Å². The Labute approximate surface area is 119 Å². The maximum Gasteiger partial charge on any atom is 0.227 e. The second-order valence-electron chi connectivity index (χ2n) is 5.67. The molecule has 0 fully saturated rings. The lowest BCUT2D eigenvalue weighted by molar-refractivity contribution is 0.457. The van der Waals surface area contributed by atoms with Crippen LogP contribution in [-0.2, 0) is 5.41 Å². The molecule has 2 aromatic rings. The fraction of sp³-hybridized carbons (Fsp3) is 0.333. The number of hydrazine groups is 1. The summed E-state index contributed by atoms with van der Waals surface area (Å²) in [7, 11) is 0. The molecule has 106 valence electrons. The molecule has 0 aliphatic heterocycles. The molecule has 1 aromatic carbocycles. The molecule has 0 unspecified atom stereocenters. The molecular weight excluding hydrogens is 252 g/mol. The van der Waals surface area contributed by atoms with Crippen LogP contribution in [-0.4, -0.2) is 9.97 Å². The Kier molecular flexibility index (Phi) is 3.90. The first kappa shape index (κ1) is 14.3. The largest absolute Gasteiger partial charge is 0.439 e. The number of rotatable bonds is 3. The first-order chi connectivity index (χ1) is 9.41. The fourth-order valence-corrected chi connectivity index (χ4v) is 1.82. The highest BCUT2D eigenvalue weighted by Gasteiger charge is 2.14. The van der Waals surface area contributed by atoms with Crippen molar-refractivity contribution in [3.63, 3.8) is 0 Å². The van der Waals surface area contributed by atoms with Gasteiger partial charge in [0, 0.05) is 0 Å². The third-order valence-electron chi connectivity index (χ3n) is 3.11. The second-order valence-corrected chi connectivity index (χ2v) is 5.67. The first-order valence-electron chi connectivity index (χ1n) is 6.48. The van der Waals surface area contributed by atoms with Gasteiger partial charge in [-0.3, -0.25) is 0 Å². The number of nitrogen functional groups attached to an aromatic ring is 1. The summed E-state index contributed by atoms with van der Waals surface area (Å²) in [6.07, 6.45) is 1.42. The minimum absolute atomic E-state index is 0.125. The van der Waals surface area contributed by atoms with Crippen LogP contribution in [0.4, 0.5) is 5.82 Å². The Bertz CT molecular complexity index is 588. The smallest absolute Gasteiger partial charge is 0.227 e. The molecule has 0 amide bonds. The number of benzene rings is 1. The van der Waals surface area contributed by atoms with Crippen molar-refractivity contribution in [1.29, 1.82) is 0 Å². The fourth-order valence-electron chi connectivity index (χ4n) is 1.82. The van der Waals surface area contributed by atoms with E-state index < -0.39 is 0 Å². The maximum absolute atomic E-state index is 5.77. The predicted octanol–water partition coefficient (Wildman–Crippen LogP) is 3.16. The van der Waals surface area contributed by atoms with E-state index in [2.05, 4.69) is 48.3 Å². The predicted molar refractivity (Wildman–Crippen MR) is 79.8 cm³/mol. The van der Waals surface area contributed by atoms with Gasteiger partial charge < -0.3 is 10.2 Å². The van der Waals surface area contributed by atoms with Crippen molar-refractivity contribution in [2.24, 2.45) is 5.84 Å². The standard InChI is InChI=1S/C15H20N4O/c1-10-13(19-16)17-9-18-14(10)20-12-7-5-11(6-8-12)15(2,3)4/h5-9H,16H2,1-4H3,(H,17,18,19). The SMILES string of the molecule is Cc1c(NN)ncnc1Oc1ccc(C(C)(C)C)cc1. The highest BCUT2D eigenvalue weighted by molar-refractivity contribution is 5.47. The second kappa shape index (κ2) is 5.46. The Morgan fingerprint density at radius 3 is 2.30 bits per heavy atom. The number of hydrogen-bond acceptors (Lipinski definition) is 5. The van der Waals surface area contributed by atoms with Gasteiger partial charge in [0.25, 0.3) is 0 Å². The van der Waals surface area contributed by atoms with E-state index in [0.717, 1.165) is 11.3 Å². The van der Waals surface area contributed by atoms with Crippen LogP contribution < -0.4 is 16.0 Å². The summed E-state index contributed by atoms with van der Waals surface area (Å²) in [4.78, 5) is 8.14. The van der Waals surface area contributed by atoms with Crippen LogP contribution in [0.15, 0.2) is 30.6 Å². The molecule has 0 saturated carbocycles. The molecule has 0 bridgehead atoms. The van der Waals surface area contributed by atoms with Crippen molar-refractivity contribution in [1.82, 2.24) is 9.97 Å². The monoisotopic (exact) mass is 272 g/mol. The van der Waals surface area contributed by atoms with Crippen molar-refractivity contribution >= 4 is 5.82 Å². The summed E-state index contributed by atoms with van der Waals surface area (Å²) in [5.41, 5.74) is 4.68. The van der Waals surface area contributed by atoms with E-state index in [1.165, 1.54) is 11.9 Å². The van der Waals surface area contributed by atoms with Crippen LogP contribution in [0.5, 0.6) is 11.6 Å². The van der Waals surface area contributed by atoms with Crippen LogP contribution in [0.25, 0.3) is 0 Å². The van der Waals surface area contributed by atoms with Gasteiger partial charge in [-0.2, -0.15) is 0 Å². The molecule has 5 nitrogen and oxygen atoms in total. The Morgan fingerprint density at radius 2 is 1.75 bits per heavy atom. The van der Waals surface area contributed by atoms with Crippen molar-refractivity contribution in [2.75, 3.05) is 5.43 Å². The van der Waals surface area contributed by atoms with Crippen LogP contribution in [0.1, 0.15) is 31.9 Å². The van der Waals surface area contributed by atoms with Gasteiger partial charge in [0.05, 0.1) is 5.56 Å². The molecule has 0 aliphatic carbocycles. The Hall–Kier alpha value is -2.14. The highest BCUT2D eigenvalue weighted by atomic mass is 16.5. The average Bonchev–Trinajstić information content (AvgIpc) is 2.41. The third-order valence-corrected chi connectivity index (χ3v) is 3.11. The van der Waals surface area contributed by atoms with Crippen molar-refractivity contribution in [2.45, 2.75) is 33.1 Å². The number of nitrogens with one attached hydrogen (secondary N) is 1. The van der Waals surface area contributed by atoms with E-state index >= 15 is 0 Å². The lowest BCUT2D eigenvalue weighted by Gasteiger charge is -2.19. The number of ether oxygens (including phenoxy) is 1. The van der Waals surface area contributed by atoms with E-state index in [9.17, 15) is 0 Å². The van der Waals surface area contributed by atoms with Crippen molar-refractivity contribution in [3.8, 4) is 11.6 Å². The van der Waals surface area contributed by atoms with Gasteiger partial charge in [0.15, 0.2) is 0 Å². The number of nitrogens with two attached hydrogens (primary N) is 1. The van der Waals surface area contributed by atoms with E-state index in [0.29, 0.717) is 11.7 Å². The topological polar surface area (TPSA) is 73.1 Å². The first-order valence-corrected chi connectivity index (χ1v) is 6.48. The Balaban J connectivity index is 2.23. The summed E-state index contributed by atoms with van der Waals surface area (Å²) in [6, 6.07) is 8.01. The molecule has 5 heteroatoms. The zero-order chi connectivity index (χ0) is 14.8. The van der Waals surface area contributed by atoms with Gasteiger partial charge in [-0.05, 0) is 30.0 Å². The number of nitrogens with zero attached hydrogens (tertiary/aromatic N) is 2. The average molecular weight is 272 g/mol. The number of aromatic nitrogens is 2. The van der Waals surface area contributed by atoms with Gasteiger partial charge >= 0.3 is 0 Å². The zero-order valence-electron chi connectivity index (χ0n) is 12.3. The molecule has 0 radical (unpaired) electrons. The summed E-state index contributed by atoms with van der Waals surface area (Å²) in [5, 5.41) is 0. The minimum atomic E-state index is 0.125. The molecule has 0 saturated heterocycles. The van der Waals surface area contributed by atoms with Crippen molar-refractivity contribution in [3.05, 3.63) is 41.7 Å². The molecule has 0 spiro atoms. The zero-order valence-corrected chi connectivity index (χ0v) is 12.3. The summed E-state index contributed by atoms with van der Waals surface area (Å²) in [5.74, 6) is 7.18. The van der Waals surface area contributed by atoms with Gasteiger partial charge in [0.1, 0.15) is 17.9 Å². The normalized spacial score (nSPS) is 11.2. The molecule has 1 aromatic heterocycles. The van der Waals surface area contributed by atoms with Gasteiger partial charge in [-0.25, -0.2) is 15.8 Å². The summed E-state index contributed by atoms with van der Waals surface area (Å²) in [6.45, 7) is 8.39. The van der Waals surface area contributed by atoms with Gasteiger partial charge in [0.2, 0.25) is 5.88 Å². The van der Waals surface area contributed by atoms with Gasteiger partial charge in [-0.1, -0.05) is 32.9 Å². The van der Waals surface area contributed by atoms with Crippen LogP contribution in [0.3, 0.4) is 0 Å². The van der Waals surface area contributed by atoms with E-state index in [4.69, 9.17) is 10.6 Å². The van der Waals surface area contributed by atoms with Crippen LogP contribution in [0, 0.1) is 6.92 Å². The lowest BCUT2D eigenvalue weighted by atomic mass is 9.87. The maximum atomic E-state index is 5.77.